The van der Waals surface area contributed by atoms with Crippen LogP contribution in [0.4, 0.5) is 13.2 Å². The van der Waals surface area contributed by atoms with Gasteiger partial charge in [0, 0.05) is 0 Å². The molecule has 0 radical (unpaired) electrons. The largest absolute Gasteiger partial charge is 0.526 e. The molecular formula is C13H9F3PS3+. The van der Waals surface area contributed by atoms with Crippen LogP contribution < -0.4 is 13.9 Å². The first kappa shape index (κ1) is 14.3. The fourth-order valence-corrected chi connectivity index (χ4v) is 11.4. The predicted molar refractivity (Wildman–Crippen MR) is 84.8 cm³/mol. The summed E-state index contributed by atoms with van der Waals surface area (Å²) in [6, 6.07) is 9.94. The third-order valence-corrected chi connectivity index (χ3v) is 11.5. The first-order valence-corrected chi connectivity index (χ1v) is 10.1. The van der Waals surface area contributed by atoms with Crippen molar-refractivity contribution in [2.75, 3.05) is 0 Å². The molecule has 3 aromatic rings. The second-order valence-corrected chi connectivity index (χ2v) is 11.0. The van der Waals surface area contributed by atoms with Gasteiger partial charge in [-0.2, -0.15) is 0 Å². The predicted octanol–water partition coefficient (Wildman–Crippen LogP) is 4.68. The molecule has 0 saturated carbocycles. The van der Waals surface area contributed by atoms with Crippen LogP contribution in [0.1, 0.15) is 0 Å². The van der Waals surface area contributed by atoms with Gasteiger partial charge < -0.3 is 0 Å². The summed E-state index contributed by atoms with van der Waals surface area (Å²) in [5, 5.41) is 5.16. The molecule has 0 amide bonds. The van der Waals surface area contributed by atoms with Crippen LogP contribution in [-0.2, 0) is 0 Å². The molecule has 0 atom stereocenters. The molecule has 0 spiro atoms. The molecule has 0 N–H and O–H groups in total. The van der Waals surface area contributed by atoms with Gasteiger partial charge in [-0.1, -0.05) is 0 Å². The zero-order valence-electron chi connectivity index (χ0n) is 10.0. The van der Waals surface area contributed by atoms with E-state index in [2.05, 4.69) is 0 Å². The molecule has 104 valence electrons. The van der Waals surface area contributed by atoms with Gasteiger partial charge in [0.15, 0.2) is 13.9 Å². The Labute approximate surface area is 126 Å². The zero-order chi connectivity index (χ0) is 14.2. The Kier molecular flexibility index (Phi) is 3.75. The standard InChI is InChI=1S/C13H9F3PS3/c14-13(15,16)17(10-4-1-7-18-10,11-5-2-8-19-11)12-6-3-9-20-12/h1-9H/q+1. The van der Waals surface area contributed by atoms with Crippen molar-refractivity contribution >= 4 is 55.1 Å². The maximum Gasteiger partial charge on any atom is 0.526 e. The van der Waals surface area contributed by atoms with Gasteiger partial charge in [0.2, 0.25) is 0 Å². The molecule has 0 aliphatic rings. The summed E-state index contributed by atoms with van der Waals surface area (Å²) in [7, 11) is -3.54. The summed E-state index contributed by atoms with van der Waals surface area (Å²) < 4.78 is 43.7. The van der Waals surface area contributed by atoms with Gasteiger partial charge in [-0.15, -0.1) is 47.2 Å². The van der Waals surface area contributed by atoms with E-state index >= 15 is 0 Å². The molecule has 0 saturated heterocycles. The van der Waals surface area contributed by atoms with E-state index in [4.69, 9.17) is 0 Å². The molecule has 3 heterocycles. The van der Waals surface area contributed by atoms with Crippen LogP contribution in [0.3, 0.4) is 0 Å². The molecule has 0 bridgehead atoms. The lowest BCUT2D eigenvalue weighted by Gasteiger charge is -2.23. The average Bonchev–Trinajstić information content (AvgIpc) is 3.13. The van der Waals surface area contributed by atoms with Crippen LogP contribution in [0, 0.1) is 0 Å². The number of alkyl halides is 3. The first-order chi connectivity index (χ1) is 9.57. The minimum absolute atomic E-state index is 0.426. The van der Waals surface area contributed by atoms with Crippen molar-refractivity contribution in [2.45, 2.75) is 5.92 Å². The maximum atomic E-state index is 14.1. The van der Waals surface area contributed by atoms with E-state index < -0.39 is 13.2 Å². The SMILES string of the molecule is FC(F)(F)[P+](c1cccs1)(c1cccs1)c1cccs1. The van der Waals surface area contributed by atoms with E-state index in [-0.39, 0.29) is 0 Å². The summed E-state index contributed by atoms with van der Waals surface area (Å²) >= 11 is 3.59. The molecule has 3 aromatic heterocycles. The average molecular weight is 349 g/mol. The van der Waals surface area contributed by atoms with Gasteiger partial charge in [-0.25, -0.2) is 0 Å². The van der Waals surface area contributed by atoms with Crippen molar-refractivity contribution in [3.63, 3.8) is 0 Å². The lowest BCUT2D eigenvalue weighted by Crippen LogP contribution is -2.37. The lowest BCUT2D eigenvalue weighted by molar-refractivity contribution is -0.0398. The monoisotopic (exact) mass is 349 g/mol. The van der Waals surface area contributed by atoms with Gasteiger partial charge in [-0.3, -0.25) is 0 Å². The van der Waals surface area contributed by atoms with Crippen LogP contribution in [-0.4, -0.2) is 5.92 Å². The van der Waals surface area contributed by atoms with Crippen LogP contribution in [0.2, 0.25) is 0 Å². The molecule has 20 heavy (non-hydrogen) atoms. The van der Waals surface area contributed by atoms with Gasteiger partial charge in [0.1, 0.15) is 0 Å². The molecule has 0 aliphatic heterocycles. The van der Waals surface area contributed by atoms with Crippen molar-refractivity contribution in [1.29, 1.82) is 0 Å². The van der Waals surface area contributed by atoms with Crippen LogP contribution in [0.5, 0.6) is 0 Å². The van der Waals surface area contributed by atoms with Gasteiger partial charge in [-0.05, 0) is 52.5 Å². The summed E-state index contributed by atoms with van der Waals surface area (Å²) in [4.78, 5) is 0. The fourth-order valence-electron chi connectivity index (χ4n) is 2.08. The third-order valence-electron chi connectivity index (χ3n) is 2.89. The van der Waals surface area contributed by atoms with Crippen molar-refractivity contribution < 1.29 is 13.2 Å². The van der Waals surface area contributed by atoms with Gasteiger partial charge in [0.25, 0.3) is 7.26 Å². The van der Waals surface area contributed by atoms with Gasteiger partial charge in [0.05, 0.1) is 0 Å². The third kappa shape index (κ3) is 2.06. The molecule has 0 fully saturated rings. The maximum absolute atomic E-state index is 14.1. The summed E-state index contributed by atoms with van der Waals surface area (Å²) in [5.41, 5.74) is 0. The summed E-state index contributed by atoms with van der Waals surface area (Å²) in [6.45, 7) is 0. The molecule has 0 aliphatic carbocycles. The Morgan fingerprint density at radius 1 is 0.700 bits per heavy atom. The van der Waals surface area contributed by atoms with Crippen molar-refractivity contribution in [2.24, 2.45) is 0 Å². The Balaban J connectivity index is 2.37. The highest BCUT2D eigenvalue weighted by Crippen LogP contribution is 2.70. The Morgan fingerprint density at radius 2 is 1.05 bits per heavy atom. The summed E-state index contributed by atoms with van der Waals surface area (Å²) in [6.07, 6.45) is 0. The van der Waals surface area contributed by atoms with Crippen LogP contribution in [0.25, 0.3) is 0 Å². The van der Waals surface area contributed by atoms with Crippen molar-refractivity contribution in [3.8, 4) is 0 Å². The smallest absolute Gasteiger partial charge is 0.134 e. The molecular weight excluding hydrogens is 340 g/mol. The Hall–Kier alpha value is -0.680. The fraction of sp³-hybridized carbons (Fsp3) is 0.0769. The molecule has 3 rings (SSSR count). The van der Waals surface area contributed by atoms with E-state index in [1.54, 1.807) is 52.5 Å². The number of rotatable bonds is 3. The normalized spacial score (nSPS) is 12.8. The highest BCUT2D eigenvalue weighted by molar-refractivity contribution is 8.04. The number of halogens is 3. The van der Waals surface area contributed by atoms with E-state index in [9.17, 15) is 13.2 Å². The molecule has 0 unspecified atom stereocenters. The second-order valence-electron chi connectivity index (χ2n) is 3.99. The second kappa shape index (κ2) is 5.26. The first-order valence-electron chi connectivity index (χ1n) is 5.65. The number of hydrogen-bond acceptors (Lipinski definition) is 3. The Morgan fingerprint density at radius 3 is 1.25 bits per heavy atom. The van der Waals surface area contributed by atoms with E-state index in [0.717, 1.165) is 0 Å². The van der Waals surface area contributed by atoms with E-state index in [1.807, 2.05) is 0 Å². The van der Waals surface area contributed by atoms with Gasteiger partial charge >= 0.3 is 5.92 Å². The minimum atomic E-state index is -4.27. The highest BCUT2D eigenvalue weighted by atomic mass is 32.1. The quantitative estimate of drug-likeness (QED) is 0.602. The zero-order valence-corrected chi connectivity index (χ0v) is 13.3. The van der Waals surface area contributed by atoms with E-state index in [0.29, 0.717) is 13.9 Å². The van der Waals surface area contributed by atoms with Crippen molar-refractivity contribution in [1.82, 2.24) is 0 Å². The van der Waals surface area contributed by atoms with Crippen molar-refractivity contribution in [3.05, 3.63) is 52.5 Å². The lowest BCUT2D eigenvalue weighted by atomic mass is 10.7. The number of hydrogen-bond donors (Lipinski definition) is 0. The minimum Gasteiger partial charge on any atom is -0.134 e. The summed E-state index contributed by atoms with van der Waals surface area (Å²) in [5.74, 6) is -4.27. The van der Waals surface area contributed by atoms with E-state index in [1.165, 1.54) is 34.0 Å². The molecule has 7 heteroatoms. The Bertz CT molecular complexity index is 570. The van der Waals surface area contributed by atoms with Crippen LogP contribution >= 0.6 is 41.3 Å². The highest BCUT2D eigenvalue weighted by Gasteiger charge is 2.70. The number of thiophene rings is 3. The topological polar surface area (TPSA) is 0 Å². The molecule has 0 nitrogen and oxygen atoms in total. The van der Waals surface area contributed by atoms with Crippen LogP contribution in [0.15, 0.2) is 52.5 Å². The molecule has 0 aromatic carbocycles.